The third kappa shape index (κ3) is 2.69. The average Bonchev–Trinajstić information content (AvgIpc) is 2.29. The van der Waals surface area contributed by atoms with Crippen molar-refractivity contribution in [3.63, 3.8) is 0 Å². The van der Waals surface area contributed by atoms with E-state index in [1.807, 2.05) is 20.8 Å². The molecule has 1 aliphatic rings. The van der Waals surface area contributed by atoms with Gasteiger partial charge in [0.05, 0.1) is 18.1 Å². The lowest BCUT2D eigenvalue weighted by molar-refractivity contribution is -0.130. The quantitative estimate of drug-likeness (QED) is 0.560. The Morgan fingerprint density at radius 3 is 2.21 bits per heavy atom. The van der Waals surface area contributed by atoms with E-state index in [0.29, 0.717) is 12.8 Å². The molecule has 0 aromatic heterocycles. The van der Waals surface area contributed by atoms with Crippen LogP contribution in [-0.2, 0) is 4.79 Å². The first-order valence-electron chi connectivity index (χ1n) is 4.99. The van der Waals surface area contributed by atoms with Crippen molar-refractivity contribution >= 4 is 5.91 Å². The van der Waals surface area contributed by atoms with Crippen LogP contribution in [-0.4, -0.2) is 33.9 Å². The Morgan fingerprint density at radius 1 is 1.29 bits per heavy atom. The minimum Gasteiger partial charge on any atom is -0.390 e. The first-order valence-corrected chi connectivity index (χ1v) is 4.99. The molecule has 3 atom stereocenters. The number of aliphatic hydroxyl groups excluding tert-OH is 2. The van der Waals surface area contributed by atoms with Crippen LogP contribution in [0.3, 0.4) is 0 Å². The molecular formula is C10H19NO3. The molecule has 0 bridgehead atoms. The van der Waals surface area contributed by atoms with Gasteiger partial charge in [0.25, 0.3) is 0 Å². The Balaban J connectivity index is 2.54. The molecule has 1 rings (SSSR count). The molecular weight excluding hydrogens is 182 g/mol. The summed E-state index contributed by atoms with van der Waals surface area (Å²) in [4.78, 5) is 11.6. The summed E-state index contributed by atoms with van der Waals surface area (Å²) in [5, 5.41) is 21.6. The largest absolute Gasteiger partial charge is 0.390 e. The van der Waals surface area contributed by atoms with Crippen molar-refractivity contribution in [2.45, 2.75) is 51.4 Å². The Labute approximate surface area is 84.3 Å². The van der Waals surface area contributed by atoms with Gasteiger partial charge >= 0.3 is 0 Å². The van der Waals surface area contributed by atoms with Gasteiger partial charge in [-0.1, -0.05) is 0 Å². The Morgan fingerprint density at radius 2 is 1.86 bits per heavy atom. The van der Waals surface area contributed by atoms with Crippen LogP contribution in [0, 0.1) is 5.92 Å². The normalized spacial score (nSPS) is 33.1. The molecule has 0 aliphatic heterocycles. The predicted molar refractivity (Wildman–Crippen MR) is 52.6 cm³/mol. The van der Waals surface area contributed by atoms with E-state index in [0.717, 1.165) is 0 Å². The lowest BCUT2D eigenvalue weighted by atomic mass is 10.0. The second kappa shape index (κ2) is 3.87. The van der Waals surface area contributed by atoms with Crippen LogP contribution in [0.2, 0.25) is 0 Å². The van der Waals surface area contributed by atoms with Gasteiger partial charge in [0.1, 0.15) is 0 Å². The van der Waals surface area contributed by atoms with Crippen molar-refractivity contribution in [2.75, 3.05) is 0 Å². The molecule has 0 unspecified atom stereocenters. The van der Waals surface area contributed by atoms with Crippen LogP contribution in [0.15, 0.2) is 0 Å². The van der Waals surface area contributed by atoms with Crippen molar-refractivity contribution in [3.8, 4) is 0 Å². The van der Waals surface area contributed by atoms with Gasteiger partial charge in [-0.25, -0.2) is 0 Å². The SMILES string of the molecule is CC(C)(C)NC(=O)[C@H]1CC[C@@H](O)[C@@H]1O. The molecule has 0 aromatic carbocycles. The second-order valence-electron chi connectivity index (χ2n) is 4.98. The predicted octanol–water partition coefficient (Wildman–Crippen LogP) is 0.0329. The average molecular weight is 201 g/mol. The van der Waals surface area contributed by atoms with E-state index < -0.39 is 18.1 Å². The molecule has 14 heavy (non-hydrogen) atoms. The highest BCUT2D eigenvalue weighted by Crippen LogP contribution is 2.26. The van der Waals surface area contributed by atoms with Crippen molar-refractivity contribution in [1.29, 1.82) is 0 Å². The zero-order valence-corrected chi connectivity index (χ0v) is 8.95. The summed E-state index contributed by atoms with van der Waals surface area (Å²) < 4.78 is 0. The van der Waals surface area contributed by atoms with E-state index in [9.17, 15) is 15.0 Å². The van der Waals surface area contributed by atoms with E-state index in [4.69, 9.17) is 0 Å². The minimum absolute atomic E-state index is 0.165. The fraction of sp³-hybridized carbons (Fsp3) is 0.900. The summed E-state index contributed by atoms with van der Waals surface area (Å²) in [5.41, 5.74) is -0.287. The van der Waals surface area contributed by atoms with Gasteiger partial charge in [-0.05, 0) is 33.6 Å². The van der Waals surface area contributed by atoms with Crippen molar-refractivity contribution in [3.05, 3.63) is 0 Å². The molecule has 1 fully saturated rings. The molecule has 1 aliphatic carbocycles. The third-order valence-corrected chi connectivity index (χ3v) is 2.41. The number of carbonyl (C=O) groups excluding carboxylic acids is 1. The van der Waals surface area contributed by atoms with E-state index in [2.05, 4.69) is 5.32 Å². The van der Waals surface area contributed by atoms with Gasteiger partial charge in [-0.2, -0.15) is 0 Å². The number of hydrogen-bond acceptors (Lipinski definition) is 3. The highest BCUT2D eigenvalue weighted by Gasteiger charge is 2.38. The lowest BCUT2D eigenvalue weighted by Gasteiger charge is -2.24. The first-order chi connectivity index (χ1) is 6.31. The second-order valence-corrected chi connectivity index (χ2v) is 4.98. The van der Waals surface area contributed by atoms with Crippen LogP contribution in [0.1, 0.15) is 33.6 Å². The Hall–Kier alpha value is -0.610. The maximum absolute atomic E-state index is 11.6. The molecule has 0 heterocycles. The molecule has 1 amide bonds. The molecule has 0 spiro atoms. The first kappa shape index (κ1) is 11.5. The molecule has 0 aromatic rings. The molecule has 0 saturated heterocycles. The zero-order valence-electron chi connectivity index (χ0n) is 8.95. The number of carbonyl (C=O) groups is 1. The summed E-state index contributed by atoms with van der Waals surface area (Å²) in [5.74, 6) is -0.620. The third-order valence-electron chi connectivity index (χ3n) is 2.41. The monoisotopic (exact) mass is 201 g/mol. The minimum atomic E-state index is -0.905. The molecule has 4 heteroatoms. The molecule has 0 radical (unpaired) electrons. The van der Waals surface area contributed by atoms with Gasteiger partial charge in [0.2, 0.25) is 5.91 Å². The summed E-state index contributed by atoms with van der Waals surface area (Å²) in [7, 11) is 0. The van der Waals surface area contributed by atoms with E-state index >= 15 is 0 Å². The maximum atomic E-state index is 11.6. The van der Waals surface area contributed by atoms with Crippen molar-refractivity contribution in [2.24, 2.45) is 5.92 Å². The number of rotatable bonds is 1. The van der Waals surface area contributed by atoms with E-state index in [-0.39, 0.29) is 11.4 Å². The highest BCUT2D eigenvalue weighted by atomic mass is 16.3. The zero-order chi connectivity index (χ0) is 10.9. The topological polar surface area (TPSA) is 69.6 Å². The van der Waals surface area contributed by atoms with Crippen LogP contribution >= 0.6 is 0 Å². The van der Waals surface area contributed by atoms with Crippen LogP contribution in [0.5, 0.6) is 0 Å². The fourth-order valence-electron chi connectivity index (χ4n) is 1.71. The maximum Gasteiger partial charge on any atom is 0.226 e. The molecule has 4 nitrogen and oxygen atoms in total. The number of amides is 1. The van der Waals surface area contributed by atoms with Gasteiger partial charge < -0.3 is 15.5 Å². The van der Waals surface area contributed by atoms with E-state index in [1.54, 1.807) is 0 Å². The number of hydrogen-bond donors (Lipinski definition) is 3. The van der Waals surface area contributed by atoms with Crippen molar-refractivity contribution in [1.82, 2.24) is 5.32 Å². The van der Waals surface area contributed by atoms with Gasteiger partial charge in [-0.3, -0.25) is 4.79 Å². The fourth-order valence-corrected chi connectivity index (χ4v) is 1.71. The summed E-state index contributed by atoms with van der Waals surface area (Å²) in [6, 6.07) is 0. The van der Waals surface area contributed by atoms with Gasteiger partial charge in [-0.15, -0.1) is 0 Å². The van der Waals surface area contributed by atoms with Crippen LogP contribution in [0.4, 0.5) is 0 Å². The standard InChI is InChI=1S/C10H19NO3/c1-10(2,3)11-9(14)6-4-5-7(12)8(6)13/h6-8,12-13H,4-5H2,1-3H3,(H,11,14)/t6-,7+,8+/m0/s1. The summed E-state index contributed by atoms with van der Waals surface area (Å²) in [6.07, 6.45) is -0.587. The number of aliphatic hydroxyl groups is 2. The smallest absolute Gasteiger partial charge is 0.226 e. The highest BCUT2D eigenvalue weighted by molar-refractivity contribution is 5.80. The Bertz CT molecular complexity index is 222. The van der Waals surface area contributed by atoms with Gasteiger partial charge in [0.15, 0.2) is 0 Å². The summed E-state index contributed by atoms with van der Waals surface area (Å²) >= 11 is 0. The lowest BCUT2D eigenvalue weighted by Crippen LogP contribution is -2.46. The summed E-state index contributed by atoms with van der Waals surface area (Å²) in [6.45, 7) is 5.67. The number of nitrogens with one attached hydrogen (secondary N) is 1. The molecule has 82 valence electrons. The van der Waals surface area contributed by atoms with E-state index in [1.165, 1.54) is 0 Å². The van der Waals surface area contributed by atoms with Gasteiger partial charge in [0, 0.05) is 5.54 Å². The molecule has 1 saturated carbocycles. The molecule has 3 N–H and O–H groups in total. The van der Waals surface area contributed by atoms with Crippen molar-refractivity contribution < 1.29 is 15.0 Å². The Kier molecular flexibility index (Phi) is 3.17. The van der Waals surface area contributed by atoms with Crippen LogP contribution in [0.25, 0.3) is 0 Å². The van der Waals surface area contributed by atoms with Crippen LogP contribution < -0.4 is 5.32 Å².